The topological polar surface area (TPSA) is 50.4 Å². The van der Waals surface area contributed by atoms with E-state index >= 15 is 0 Å². The number of para-hydroxylation sites is 1. The number of amides is 1. The van der Waals surface area contributed by atoms with Crippen LogP contribution in [-0.4, -0.2) is 31.6 Å². The average Bonchev–Trinajstić information content (AvgIpc) is 3.22. The quantitative estimate of drug-likeness (QED) is 0.732. The fraction of sp³-hybridized carbons (Fsp3) is 0.389. The summed E-state index contributed by atoms with van der Waals surface area (Å²) < 4.78 is 5.89. The Bertz CT molecular complexity index is 603. The van der Waals surface area contributed by atoms with E-state index in [2.05, 4.69) is 22.8 Å². The molecule has 5 heteroatoms. The zero-order valence-electron chi connectivity index (χ0n) is 13.1. The lowest BCUT2D eigenvalue weighted by Gasteiger charge is -2.11. The second-order valence-electron chi connectivity index (χ2n) is 5.70. The van der Waals surface area contributed by atoms with Crippen molar-refractivity contribution in [2.75, 3.05) is 19.6 Å². The van der Waals surface area contributed by atoms with Crippen LogP contribution in [0.1, 0.15) is 28.1 Å². The van der Waals surface area contributed by atoms with Crippen molar-refractivity contribution >= 4 is 17.2 Å². The number of benzene rings is 1. The fourth-order valence-electron chi connectivity index (χ4n) is 2.70. The van der Waals surface area contributed by atoms with Crippen molar-refractivity contribution in [3.05, 3.63) is 52.2 Å². The van der Waals surface area contributed by atoms with Gasteiger partial charge >= 0.3 is 0 Å². The maximum atomic E-state index is 11.7. The first-order valence-electron chi connectivity index (χ1n) is 8.10. The van der Waals surface area contributed by atoms with E-state index in [1.807, 2.05) is 29.6 Å². The average molecular weight is 330 g/mol. The van der Waals surface area contributed by atoms with Gasteiger partial charge in [-0.1, -0.05) is 24.3 Å². The van der Waals surface area contributed by atoms with Crippen LogP contribution in [-0.2, 0) is 6.42 Å². The molecular weight excluding hydrogens is 308 g/mol. The molecule has 2 heterocycles. The lowest BCUT2D eigenvalue weighted by atomic mass is 10.1. The number of hydrogen-bond acceptors (Lipinski definition) is 4. The highest BCUT2D eigenvalue weighted by molar-refractivity contribution is 7.12. The molecule has 2 N–H and O–H groups in total. The predicted molar refractivity (Wildman–Crippen MR) is 93.3 cm³/mol. The summed E-state index contributed by atoms with van der Waals surface area (Å²) in [7, 11) is 0. The highest BCUT2D eigenvalue weighted by atomic mass is 32.1. The first kappa shape index (κ1) is 16.0. The second-order valence-corrected chi connectivity index (χ2v) is 6.64. The van der Waals surface area contributed by atoms with Crippen LogP contribution in [0.15, 0.2) is 41.8 Å². The van der Waals surface area contributed by atoms with E-state index in [9.17, 15) is 4.79 Å². The molecule has 0 saturated heterocycles. The van der Waals surface area contributed by atoms with E-state index in [4.69, 9.17) is 4.74 Å². The largest absolute Gasteiger partial charge is 0.488 e. The number of carbonyl (C=O) groups is 1. The highest BCUT2D eigenvalue weighted by Gasteiger charge is 2.21. The van der Waals surface area contributed by atoms with Crippen LogP contribution in [0.5, 0.6) is 5.75 Å². The van der Waals surface area contributed by atoms with Gasteiger partial charge in [-0.25, -0.2) is 0 Å². The first-order chi connectivity index (χ1) is 11.3. The van der Waals surface area contributed by atoms with Crippen molar-refractivity contribution in [2.45, 2.75) is 25.4 Å². The third-order valence-corrected chi connectivity index (χ3v) is 4.77. The normalized spacial score (nSPS) is 15.9. The minimum atomic E-state index is 0.0325. The Morgan fingerprint density at radius 2 is 2.04 bits per heavy atom. The van der Waals surface area contributed by atoms with Gasteiger partial charge in [-0.2, -0.15) is 0 Å². The van der Waals surface area contributed by atoms with Gasteiger partial charge in [0, 0.05) is 19.5 Å². The molecule has 1 aromatic heterocycles. The molecule has 1 atom stereocenters. The maximum Gasteiger partial charge on any atom is 0.261 e. The molecule has 2 aromatic rings. The van der Waals surface area contributed by atoms with Crippen molar-refractivity contribution in [3.8, 4) is 5.75 Å². The summed E-state index contributed by atoms with van der Waals surface area (Å²) in [5.74, 6) is 1.06. The second kappa shape index (κ2) is 8.13. The van der Waals surface area contributed by atoms with Gasteiger partial charge in [-0.15, -0.1) is 11.3 Å². The molecule has 0 spiro atoms. The summed E-state index contributed by atoms with van der Waals surface area (Å²) in [6.45, 7) is 2.55. The molecule has 0 aliphatic carbocycles. The monoisotopic (exact) mass is 330 g/mol. The number of ether oxygens (including phenoxy) is 1. The summed E-state index contributed by atoms with van der Waals surface area (Å²) in [4.78, 5) is 12.5. The lowest BCUT2D eigenvalue weighted by Crippen LogP contribution is -2.31. The number of hydrogen-bond donors (Lipinski definition) is 2. The molecule has 1 aliphatic heterocycles. The van der Waals surface area contributed by atoms with Gasteiger partial charge in [0.05, 0.1) is 4.88 Å². The van der Waals surface area contributed by atoms with Crippen LogP contribution in [0.25, 0.3) is 0 Å². The maximum absolute atomic E-state index is 11.7. The summed E-state index contributed by atoms with van der Waals surface area (Å²) >= 11 is 1.47. The molecule has 1 aromatic carbocycles. The molecule has 1 unspecified atom stereocenters. The Morgan fingerprint density at radius 1 is 1.17 bits per heavy atom. The van der Waals surface area contributed by atoms with Crippen LogP contribution in [0.4, 0.5) is 0 Å². The molecule has 0 saturated carbocycles. The standard InChI is InChI=1S/C18H22N2O2S/c21-18(17-8-5-11-23-17)20-10-4-3-9-19-13-15-12-14-6-1-2-7-16(14)22-15/h1-2,5-8,11,15,19H,3-4,9-10,12-13H2,(H,20,21). The summed E-state index contributed by atoms with van der Waals surface area (Å²) in [5.41, 5.74) is 1.30. The summed E-state index contributed by atoms with van der Waals surface area (Å²) in [5, 5.41) is 8.31. The van der Waals surface area contributed by atoms with E-state index in [0.29, 0.717) is 0 Å². The zero-order chi connectivity index (χ0) is 15.9. The Hall–Kier alpha value is -1.85. The van der Waals surface area contributed by atoms with Crippen LogP contribution in [0.2, 0.25) is 0 Å². The summed E-state index contributed by atoms with van der Waals surface area (Å²) in [6.07, 6.45) is 3.26. The molecule has 0 radical (unpaired) electrons. The van der Waals surface area contributed by atoms with Crippen molar-refractivity contribution in [1.29, 1.82) is 0 Å². The van der Waals surface area contributed by atoms with Gasteiger partial charge in [-0.05, 0) is 42.5 Å². The van der Waals surface area contributed by atoms with Crippen LogP contribution in [0.3, 0.4) is 0 Å². The van der Waals surface area contributed by atoms with Crippen molar-refractivity contribution in [3.63, 3.8) is 0 Å². The van der Waals surface area contributed by atoms with Crippen molar-refractivity contribution in [2.24, 2.45) is 0 Å². The van der Waals surface area contributed by atoms with Gasteiger partial charge in [0.1, 0.15) is 11.9 Å². The molecule has 3 rings (SSSR count). The number of fused-ring (bicyclic) bond motifs is 1. The van der Waals surface area contributed by atoms with Gasteiger partial charge in [0.25, 0.3) is 5.91 Å². The van der Waals surface area contributed by atoms with Gasteiger partial charge in [-0.3, -0.25) is 4.79 Å². The van der Waals surface area contributed by atoms with E-state index < -0.39 is 0 Å². The minimum absolute atomic E-state index is 0.0325. The molecular formula is C18H22N2O2S. The van der Waals surface area contributed by atoms with Gasteiger partial charge in [0.2, 0.25) is 0 Å². The lowest BCUT2D eigenvalue weighted by molar-refractivity contribution is 0.0957. The smallest absolute Gasteiger partial charge is 0.261 e. The van der Waals surface area contributed by atoms with Crippen LogP contribution in [0, 0.1) is 0 Å². The Morgan fingerprint density at radius 3 is 2.87 bits per heavy atom. The predicted octanol–water partition coefficient (Wildman–Crippen LogP) is 2.85. The molecule has 1 amide bonds. The Kier molecular flexibility index (Phi) is 5.66. The SMILES string of the molecule is O=C(NCCCCNCC1Cc2ccccc2O1)c1cccs1. The van der Waals surface area contributed by atoms with Gasteiger partial charge in [0.15, 0.2) is 0 Å². The molecule has 1 aliphatic rings. The number of carbonyl (C=O) groups excluding carboxylic acids is 1. The van der Waals surface area contributed by atoms with Crippen LogP contribution < -0.4 is 15.4 Å². The number of unbranched alkanes of at least 4 members (excludes halogenated alkanes) is 1. The molecule has 4 nitrogen and oxygen atoms in total. The number of nitrogens with one attached hydrogen (secondary N) is 2. The molecule has 0 fully saturated rings. The summed E-state index contributed by atoms with van der Waals surface area (Å²) in [6, 6.07) is 12.0. The van der Waals surface area contributed by atoms with Crippen molar-refractivity contribution in [1.82, 2.24) is 10.6 Å². The number of rotatable bonds is 8. The van der Waals surface area contributed by atoms with Crippen molar-refractivity contribution < 1.29 is 9.53 Å². The molecule has 23 heavy (non-hydrogen) atoms. The van der Waals surface area contributed by atoms with Gasteiger partial charge < -0.3 is 15.4 Å². The Labute approximate surface area is 140 Å². The van der Waals surface area contributed by atoms with E-state index in [1.165, 1.54) is 16.9 Å². The van der Waals surface area contributed by atoms with E-state index in [1.54, 1.807) is 0 Å². The molecule has 0 bridgehead atoms. The fourth-order valence-corrected chi connectivity index (χ4v) is 3.34. The zero-order valence-corrected chi connectivity index (χ0v) is 13.9. The van der Waals surface area contributed by atoms with Crippen LogP contribution >= 0.6 is 11.3 Å². The highest BCUT2D eigenvalue weighted by Crippen LogP contribution is 2.27. The molecule has 122 valence electrons. The third-order valence-electron chi connectivity index (χ3n) is 3.90. The Balaban J connectivity index is 1.22. The van der Waals surface area contributed by atoms with E-state index in [0.717, 1.165) is 49.5 Å². The van der Waals surface area contributed by atoms with E-state index in [-0.39, 0.29) is 12.0 Å². The first-order valence-corrected chi connectivity index (χ1v) is 8.98. The minimum Gasteiger partial charge on any atom is -0.488 e. The number of thiophene rings is 1. The third kappa shape index (κ3) is 4.56.